The first kappa shape index (κ1) is 17.5. The minimum atomic E-state index is -0.542. The molecule has 7 nitrogen and oxygen atoms in total. The second-order valence-corrected chi connectivity index (χ2v) is 6.74. The van der Waals surface area contributed by atoms with Gasteiger partial charge in [-0.3, -0.25) is 9.69 Å². The average Bonchev–Trinajstić information content (AvgIpc) is 3.08. The quantitative estimate of drug-likeness (QED) is 0.848. The molecular weight excluding hydrogens is 327 g/mol. The van der Waals surface area contributed by atoms with Gasteiger partial charge in [0.2, 0.25) is 5.91 Å². The number of hydrogen-bond acceptors (Lipinski definition) is 5. The summed E-state index contributed by atoms with van der Waals surface area (Å²) < 4.78 is 19.8. The number of halogens is 1. The minimum Gasteiger partial charge on any atom is -0.442 e. The highest BCUT2D eigenvalue weighted by molar-refractivity contribution is 5.90. The average molecular weight is 350 g/mol. The molecule has 0 unspecified atom stereocenters. The zero-order valence-corrected chi connectivity index (χ0v) is 14.4. The molecule has 2 aliphatic heterocycles. The third kappa shape index (κ3) is 3.68. The SMILES string of the molecule is CC(=O)NC[C@H]1CN(c2ccc(N3C[C@@H](N)[C@@H](C)C3)c(F)c2)C(=O)O1. The maximum Gasteiger partial charge on any atom is 0.414 e. The van der Waals surface area contributed by atoms with Crippen molar-refractivity contribution in [3.05, 3.63) is 24.0 Å². The van der Waals surface area contributed by atoms with Crippen LogP contribution in [-0.2, 0) is 9.53 Å². The summed E-state index contributed by atoms with van der Waals surface area (Å²) in [5, 5.41) is 2.61. The summed E-state index contributed by atoms with van der Waals surface area (Å²) in [4.78, 5) is 26.3. The van der Waals surface area contributed by atoms with Crippen LogP contribution in [0.4, 0.5) is 20.6 Å². The van der Waals surface area contributed by atoms with Crippen LogP contribution < -0.4 is 20.9 Å². The van der Waals surface area contributed by atoms with Gasteiger partial charge in [-0.15, -0.1) is 0 Å². The van der Waals surface area contributed by atoms with E-state index in [1.807, 2.05) is 11.8 Å². The molecule has 2 aliphatic rings. The smallest absolute Gasteiger partial charge is 0.414 e. The molecule has 0 aliphatic carbocycles. The molecule has 8 heteroatoms. The number of cyclic esters (lactones) is 1. The molecule has 0 saturated carbocycles. The lowest BCUT2D eigenvalue weighted by Crippen LogP contribution is -2.33. The fraction of sp³-hybridized carbons (Fsp3) is 0.529. The lowest BCUT2D eigenvalue weighted by molar-refractivity contribution is -0.119. The van der Waals surface area contributed by atoms with Gasteiger partial charge < -0.3 is 20.7 Å². The van der Waals surface area contributed by atoms with E-state index in [1.54, 1.807) is 12.1 Å². The van der Waals surface area contributed by atoms with E-state index in [-0.39, 0.29) is 25.0 Å². The van der Waals surface area contributed by atoms with Crippen molar-refractivity contribution in [2.24, 2.45) is 11.7 Å². The number of amides is 2. The van der Waals surface area contributed by atoms with E-state index in [1.165, 1.54) is 17.9 Å². The van der Waals surface area contributed by atoms with Crippen molar-refractivity contribution >= 4 is 23.4 Å². The normalized spacial score (nSPS) is 26.1. The standard InChI is InChI=1S/C17H23FN4O3/c1-10-7-21(9-15(10)19)16-4-3-12(5-14(16)18)22-8-13(25-17(22)24)6-20-11(2)23/h3-5,10,13,15H,6-9,19H2,1-2H3,(H,20,23)/t10-,13-,15+/m0/s1. The molecule has 3 N–H and O–H groups in total. The van der Waals surface area contributed by atoms with Gasteiger partial charge in [-0.05, 0) is 24.1 Å². The second kappa shape index (κ2) is 6.87. The van der Waals surface area contributed by atoms with Crippen molar-refractivity contribution < 1.29 is 18.7 Å². The van der Waals surface area contributed by atoms with Crippen molar-refractivity contribution in [2.45, 2.75) is 26.0 Å². The van der Waals surface area contributed by atoms with Gasteiger partial charge in [-0.25, -0.2) is 9.18 Å². The highest BCUT2D eigenvalue weighted by atomic mass is 19.1. The third-order valence-electron chi connectivity index (χ3n) is 4.71. The lowest BCUT2D eigenvalue weighted by Gasteiger charge is -2.21. The monoisotopic (exact) mass is 350 g/mol. The van der Waals surface area contributed by atoms with Crippen molar-refractivity contribution in [1.82, 2.24) is 5.32 Å². The molecule has 2 fully saturated rings. The number of nitrogens with zero attached hydrogens (tertiary/aromatic N) is 2. The van der Waals surface area contributed by atoms with E-state index in [4.69, 9.17) is 10.5 Å². The van der Waals surface area contributed by atoms with Gasteiger partial charge in [0, 0.05) is 26.1 Å². The van der Waals surface area contributed by atoms with Gasteiger partial charge in [0.1, 0.15) is 11.9 Å². The van der Waals surface area contributed by atoms with Gasteiger partial charge in [-0.2, -0.15) is 0 Å². The van der Waals surface area contributed by atoms with Crippen LogP contribution in [0.1, 0.15) is 13.8 Å². The minimum absolute atomic E-state index is 0.0298. The van der Waals surface area contributed by atoms with Crippen molar-refractivity contribution in [3.63, 3.8) is 0 Å². The zero-order chi connectivity index (χ0) is 18.1. The summed E-state index contributed by atoms with van der Waals surface area (Å²) in [5.74, 6) is -0.276. The predicted octanol–water partition coefficient (Wildman–Crippen LogP) is 1.07. The molecule has 3 atom stereocenters. The van der Waals surface area contributed by atoms with Crippen LogP contribution in [0.3, 0.4) is 0 Å². The highest BCUT2D eigenvalue weighted by Crippen LogP contribution is 2.30. The number of nitrogens with one attached hydrogen (secondary N) is 1. The summed E-state index contributed by atoms with van der Waals surface area (Å²) in [7, 11) is 0. The van der Waals surface area contributed by atoms with Gasteiger partial charge >= 0.3 is 6.09 Å². The molecule has 0 radical (unpaired) electrons. The Bertz CT molecular complexity index is 674. The molecule has 2 saturated heterocycles. The number of anilines is 2. The Morgan fingerprint density at radius 3 is 2.76 bits per heavy atom. The summed E-state index contributed by atoms with van der Waals surface area (Å²) in [5.41, 5.74) is 6.93. The molecule has 0 spiro atoms. The molecule has 136 valence electrons. The summed E-state index contributed by atoms with van der Waals surface area (Å²) in [6.45, 7) is 5.27. The van der Waals surface area contributed by atoms with E-state index >= 15 is 0 Å². The molecular formula is C17H23FN4O3. The molecule has 2 amide bonds. The highest BCUT2D eigenvalue weighted by Gasteiger charge is 2.33. The first-order chi connectivity index (χ1) is 11.8. The summed E-state index contributed by atoms with van der Waals surface area (Å²) in [6, 6.07) is 4.74. The fourth-order valence-electron chi connectivity index (χ4n) is 3.21. The first-order valence-electron chi connectivity index (χ1n) is 8.38. The Hall–Kier alpha value is -2.35. The van der Waals surface area contributed by atoms with E-state index in [0.29, 0.717) is 30.4 Å². The molecule has 1 aromatic carbocycles. The number of rotatable bonds is 4. The number of benzene rings is 1. The van der Waals surface area contributed by atoms with E-state index in [0.717, 1.165) is 0 Å². The topological polar surface area (TPSA) is 87.9 Å². The Morgan fingerprint density at radius 2 is 2.16 bits per heavy atom. The van der Waals surface area contributed by atoms with Crippen LogP contribution >= 0.6 is 0 Å². The second-order valence-electron chi connectivity index (χ2n) is 6.74. The molecule has 0 aromatic heterocycles. The number of carbonyl (C=O) groups is 2. The van der Waals surface area contributed by atoms with Crippen LogP contribution in [0.15, 0.2) is 18.2 Å². The van der Waals surface area contributed by atoms with E-state index in [9.17, 15) is 14.0 Å². The molecule has 2 heterocycles. The Kier molecular flexibility index (Phi) is 4.80. The summed E-state index contributed by atoms with van der Waals surface area (Å²) >= 11 is 0. The maximum atomic E-state index is 14.6. The number of ether oxygens (including phenoxy) is 1. The summed E-state index contributed by atoms with van der Waals surface area (Å²) in [6.07, 6.45) is -0.990. The van der Waals surface area contributed by atoms with Crippen LogP contribution in [-0.4, -0.2) is 50.3 Å². The zero-order valence-electron chi connectivity index (χ0n) is 14.4. The van der Waals surface area contributed by atoms with Gasteiger partial charge in [-0.1, -0.05) is 6.92 Å². The first-order valence-corrected chi connectivity index (χ1v) is 8.38. The number of nitrogens with two attached hydrogens (primary N) is 1. The Morgan fingerprint density at radius 1 is 1.40 bits per heavy atom. The van der Waals surface area contributed by atoms with Gasteiger partial charge in [0.25, 0.3) is 0 Å². The third-order valence-corrected chi connectivity index (χ3v) is 4.71. The van der Waals surface area contributed by atoms with Crippen LogP contribution in [0.25, 0.3) is 0 Å². The van der Waals surface area contributed by atoms with E-state index in [2.05, 4.69) is 5.32 Å². The van der Waals surface area contributed by atoms with Crippen molar-refractivity contribution in [3.8, 4) is 0 Å². The van der Waals surface area contributed by atoms with Crippen molar-refractivity contribution in [2.75, 3.05) is 36.0 Å². The lowest BCUT2D eigenvalue weighted by atomic mass is 10.1. The largest absolute Gasteiger partial charge is 0.442 e. The Balaban J connectivity index is 1.70. The van der Waals surface area contributed by atoms with Gasteiger partial charge in [0.05, 0.1) is 24.5 Å². The fourth-order valence-corrected chi connectivity index (χ4v) is 3.21. The molecule has 0 bridgehead atoms. The predicted molar refractivity (Wildman–Crippen MR) is 92.1 cm³/mol. The van der Waals surface area contributed by atoms with Crippen molar-refractivity contribution in [1.29, 1.82) is 0 Å². The van der Waals surface area contributed by atoms with Crippen LogP contribution in [0.5, 0.6) is 0 Å². The van der Waals surface area contributed by atoms with Gasteiger partial charge in [0.15, 0.2) is 0 Å². The number of carbonyl (C=O) groups excluding carboxylic acids is 2. The molecule has 3 rings (SSSR count). The molecule has 1 aromatic rings. The Labute approximate surface area is 145 Å². The van der Waals surface area contributed by atoms with Crippen LogP contribution in [0, 0.1) is 11.7 Å². The van der Waals surface area contributed by atoms with Crippen LogP contribution in [0.2, 0.25) is 0 Å². The number of hydrogen-bond donors (Lipinski definition) is 2. The van der Waals surface area contributed by atoms with E-state index < -0.39 is 18.0 Å². The molecule has 25 heavy (non-hydrogen) atoms. The maximum absolute atomic E-state index is 14.6.